The summed E-state index contributed by atoms with van der Waals surface area (Å²) in [7, 11) is -3.30. The van der Waals surface area contributed by atoms with Crippen molar-refractivity contribution in [3.8, 4) is 0 Å². The molecule has 0 bridgehead atoms. The fraction of sp³-hybridized carbons (Fsp3) is 0.667. The fourth-order valence-corrected chi connectivity index (χ4v) is 2.74. The predicted octanol–water partition coefficient (Wildman–Crippen LogP) is 1.28. The summed E-state index contributed by atoms with van der Waals surface area (Å²) in [6, 6.07) is 1.69. The molecular formula is C9H15ClN2O3S. The van der Waals surface area contributed by atoms with Crippen LogP contribution in [0.5, 0.6) is 0 Å². The van der Waals surface area contributed by atoms with Gasteiger partial charge in [0, 0.05) is 11.9 Å². The maximum absolute atomic E-state index is 11.5. The molecule has 7 heteroatoms. The van der Waals surface area contributed by atoms with Gasteiger partial charge in [-0.3, -0.25) is 0 Å². The summed E-state index contributed by atoms with van der Waals surface area (Å²) >= 11 is 5.56. The van der Waals surface area contributed by atoms with Gasteiger partial charge in [0.15, 0.2) is 5.76 Å². The van der Waals surface area contributed by atoms with Gasteiger partial charge < -0.3 is 4.52 Å². The number of hydrogen-bond acceptors (Lipinski definition) is 4. The molecule has 0 aromatic carbocycles. The van der Waals surface area contributed by atoms with E-state index in [9.17, 15) is 8.42 Å². The molecule has 0 aliphatic heterocycles. The largest absolute Gasteiger partial charge is 0.360 e. The molecule has 1 aromatic rings. The van der Waals surface area contributed by atoms with Crippen molar-refractivity contribution in [2.24, 2.45) is 5.92 Å². The first-order chi connectivity index (χ1) is 7.43. The van der Waals surface area contributed by atoms with Crippen molar-refractivity contribution in [1.82, 2.24) is 9.88 Å². The number of sulfonamides is 1. The van der Waals surface area contributed by atoms with Crippen LogP contribution in [0.1, 0.15) is 18.4 Å². The lowest BCUT2D eigenvalue weighted by Crippen LogP contribution is -2.29. The van der Waals surface area contributed by atoms with Crippen LogP contribution >= 0.6 is 11.6 Å². The normalized spacial score (nSPS) is 13.9. The Morgan fingerprint density at radius 1 is 1.62 bits per heavy atom. The van der Waals surface area contributed by atoms with Crippen molar-refractivity contribution in [3.63, 3.8) is 0 Å². The highest BCUT2D eigenvalue weighted by molar-refractivity contribution is 7.89. The smallest absolute Gasteiger partial charge is 0.212 e. The van der Waals surface area contributed by atoms with E-state index in [4.69, 9.17) is 16.1 Å². The molecule has 0 fully saturated rings. The summed E-state index contributed by atoms with van der Waals surface area (Å²) in [4.78, 5) is 0. The molecule has 0 amide bonds. The first kappa shape index (κ1) is 13.5. The minimum Gasteiger partial charge on any atom is -0.360 e. The van der Waals surface area contributed by atoms with E-state index in [2.05, 4.69) is 9.88 Å². The average molecular weight is 267 g/mol. The number of nitrogens with one attached hydrogen (secondary N) is 1. The molecular weight excluding hydrogens is 252 g/mol. The summed E-state index contributed by atoms with van der Waals surface area (Å²) < 4.78 is 30.4. The zero-order valence-electron chi connectivity index (χ0n) is 9.23. The second kappa shape index (κ2) is 5.65. The third kappa shape index (κ3) is 4.51. The fourth-order valence-electron chi connectivity index (χ4n) is 1.16. The molecule has 1 N–H and O–H groups in total. The summed E-state index contributed by atoms with van der Waals surface area (Å²) in [6.07, 6.45) is 0. The highest BCUT2D eigenvalue weighted by atomic mass is 35.5. The molecule has 1 aromatic heterocycles. The molecule has 0 aliphatic carbocycles. The van der Waals surface area contributed by atoms with Gasteiger partial charge in [-0.05, 0) is 12.8 Å². The monoisotopic (exact) mass is 266 g/mol. The number of halogens is 1. The van der Waals surface area contributed by atoms with Crippen molar-refractivity contribution in [2.75, 3.05) is 11.6 Å². The molecule has 0 radical (unpaired) electrons. The number of hydrogen-bond donors (Lipinski definition) is 1. The van der Waals surface area contributed by atoms with Crippen molar-refractivity contribution < 1.29 is 12.9 Å². The summed E-state index contributed by atoms with van der Waals surface area (Å²) in [5.74, 6) is 0.765. The van der Waals surface area contributed by atoms with Crippen LogP contribution < -0.4 is 4.72 Å². The average Bonchev–Trinajstić information content (AvgIpc) is 2.61. The van der Waals surface area contributed by atoms with E-state index in [0.29, 0.717) is 11.6 Å². The van der Waals surface area contributed by atoms with Crippen molar-refractivity contribution in [3.05, 3.63) is 17.5 Å². The first-order valence-electron chi connectivity index (χ1n) is 4.88. The SMILES string of the molecule is Cc1cc(CNS(=O)(=O)CC(C)CCl)on1. The Bertz CT molecular complexity index is 430. The third-order valence-electron chi connectivity index (χ3n) is 1.91. The zero-order chi connectivity index (χ0) is 12.2. The van der Waals surface area contributed by atoms with E-state index in [0.717, 1.165) is 5.69 Å². The minimum absolute atomic E-state index is 0.0175. The van der Waals surface area contributed by atoms with Gasteiger partial charge in [0.25, 0.3) is 0 Å². The van der Waals surface area contributed by atoms with Crippen molar-refractivity contribution in [2.45, 2.75) is 20.4 Å². The minimum atomic E-state index is -3.30. The van der Waals surface area contributed by atoms with Gasteiger partial charge in [0.2, 0.25) is 10.0 Å². The molecule has 92 valence electrons. The Morgan fingerprint density at radius 3 is 2.81 bits per heavy atom. The Labute approximate surface area is 100 Å². The molecule has 0 aliphatic rings. The molecule has 1 heterocycles. The summed E-state index contributed by atoms with van der Waals surface area (Å²) in [5, 5.41) is 3.66. The van der Waals surface area contributed by atoms with Gasteiger partial charge in [0.05, 0.1) is 18.0 Å². The molecule has 16 heavy (non-hydrogen) atoms. The van der Waals surface area contributed by atoms with E-state index in [1.54, 1.807) is 19.9 Å². The first-order valence-corrected chi connectivity index (χ1v) is 7.07. The van der Waals surface area contributed by atoms with Crippen LogP contribution in [0.3, 0.4) is 0 Å². The quantitative estimate of drug-likeness (QED) is 0.788. The Morgan fingerprint density at radius 2 is 2.31 bits per heavy atom. The Kier molecular flexibility index (Phi) is 4.76. The van der Waals surface area contributed by atoms with Crippen LogP contribution in [0.15, 0.2) is 10.6 Å². The molecule has 1 atom stereocenters. The van der Waals surface area contributed by atoms with E-state index in [1.807, 2.05) is 0 Å². The second-order valence-corrected chi connectivity index (χ2v) is 5.96. The van der Waals surface area contributed by atoms with Crippen LogP contribution in [-0.4, -0.2) is 25.2 Å². The van der Waals surface area contributed by atoms with E-state index in [1.165, 1.54) is 0 Å². The lowest BCUT2D eigenvalue weighted by molar-refractivity contribution is 0.376. The highest BCUT2D eigenvalue weighted by Gasteiger charge is 2.15. The van der Waals surface area contributed by atoms with Gasteiger partial charge in [-0.15, -0.1) is 11.6 Å². The van der Waals surface area contributed by atoms with Crippen LogP contribution in [-0.2, 0) is 16.6 Å². The van der Waals surface area contributed by atoms with Crippen LogP contribution in [0.4, 0.5) is 0 Å². The number of nitrogens with zero attached hydrogens (tertiary/aromatic N) is 1. The van der Waals surface area contributed by atoms with E-state index < -0.39 is 10.0 Å². The standard InChI is InChI=1S/C9H15ClN2O3S/c1-7(4-10)6-16(13,14)11-5-9-3-8(2)12-15-9/h3,7,11H,4-6H2,1-2H3. The van der Waals surface area contributed by atoms with Crippen LogP contribution in [0, 0.1) is 12.8 Å². The number of aryl methyl sites for hydroxylation is 1. The van der Waals surface area contributed by atoms with Crippen molar-refractivity contribution in [1.29, 1.82) is 0 Å². The molecule has 5 nitrogen and oxygen atoms in total. The topological polar surface area (TPSA) is 72.2 Å². The number of alkyl halides is 1. The van der Waals surface area contributed by atoms with Gasteiger partial charge in [-0.25, -0.2) is 13.1 Å². The lowest BCUT2D eigenvalue weighted by Gasteiger charge is -2.08. The number of rotatable bonds is 6. The second-order valence-electron chi connectivity index (χ2n) is 3.80. The predicted molar refractivity (Wildman–Crippen MR) is 61.8 cm³/mol. The molecule has 0 saturated carbocycles. The molecule has 1 rings (SSSR count). The lowest BCUT2D eigenvalue weighted by atomic mass is 10.3. The zero-order valence-corrected chi connectivity index (χ0v) is 10.8. The Hall–Kier alpha value is -0.590. The van der Waals surface area contributed by atoms with Gasteiger partial charge in [-0.2, -0.15) is 0 Å². The van der Waals surface area contributed by atoms with Crippen LogP contribution in [0.25, 0.3) is 0 Å². The highest BCUT2D eigenvalue weighted by Crippen LogP contribution is 2.05. The van der Waals surface area contributed by atoms with Gasteiger partial charge in [-0.1, -0.05) is 12.1 Å². The van der Waals surface area contributed by atoms with Gasteiger partial charge in [0.1, 0.15) is 0 Å². The van der Waals surface area contributed by atoms with Crippen molar-refractivity contribution >= 4 is 21.6 Å². The maximum Gasteiger partial charge on any atom is 0.212 e. The van der Waals surface area contributed by atoms with E-state index >= 15 is 0 Å². The van der Waals surface area contributed by atoms with Gasteiger partial charge >= 0.3 is 0 Å². The van der Waals surface area contributed by atoms with E-state index in [-0.39, 0.29) is 18.2 Å². The Balaban J connectivity index is 2.48. The third-order valence-corrected chi connectivity index (χ3v) is 4.03. The maximum atomic E-state index is 11.5. The molecule has 0 saturated heterocycles. The number of aromatic nitrogens is 1. The summed E-state index contributed by atoms with van der Waals surface area (Å²) in [5.41, 5.74) is 0.725. The molecule has 1 unspecified atom stereocenters. The molecule has 0 spiro atoms. The summed E-state index contributed by atoms with van der Waals surface area (Å²) in [6.45, 7) is 3.68. The van der Waals surface area contributed by atoms with Crippen LogP contribution in [0.2, 0.25) is 0 Å².